The van der Waals surface area contributed by atoms with Gasteiger partial charge in [-0.05, 0) is 50.6 Å². The van der Waals surface area contributed by atoms with Crippen LogP contribution in [0.4, 0.5) is 0 Å². The third kappa shape index (κ3) is 3.68. The number of benzene rings is 2. The zero-order chi connectivity index (χ0) is 18.5. The summed E-state index contributed by atoms with van der Waals surface area (Å²) in [5.74, 6) is 2.60. The minimum absolute atomic E-state index is 0.139. The molecule has 2 aromatic carbocycles. The third-order valence-electron chi connectivity index (χ3n) is 4.53. The molecule has 1 unspecified atom stereocenters. The van der Waals surface area contributed by atoms with Gasteiger partial charge in [0.25, 0.3) is 0 Å². The summed E-state index contributed by atoms with van der Waals surface area (Å²) < 4.78 is 13.3. The van der Waals surface area contributed by atoms with Gasteiger partial charge in [0.1, 0.15) is 5.82 Å². The average molecular weight is 353 g/mol. The second kappa shape index (κ2) is 8.23. The van der Waals surface area contributed by atoms with Crippen LogP contribution in [0.3, 0.4) is 0 Å². The number of hydrogen-bond donors (Lipinski definition) is 1. The highest BCUT2D eigenvalue weighted by Crippen LogP contribution is 2.28. The van der Waals surface area contributed by atoms with Crippen molar-refractivity contribution >= 4 is 11.0 Å². The molecule has 0 amide bonds. The quantitative estimate of drug-likeness (QED) is 0.655. The Bertz CT molecular complexity index is 873. The highest BCUT2D eigenvalue weighted by atomic mass is 16.5. The number of aromatic nitrogens is 2. The maximum atomic E-state index is 5.67. The van der Waals surface area contributed by atoms with E-state index in [1.807, 2.05) is 25.1 Å². The Morgan fingerprint density at radius 2 is 1.92 bits per heavy atom. The predicted molar refractivity (Wildman–Crippen MR) is 105 cm³/mol. The Morgan fingerprint density at radius 3 is 2.65 bits per heavy atom. The van der Waals surface area contributed by atoms with Crippen molar-refractivity contribution in [2.75, 3.05) is 13.7 Å². The standard InChI is InChI=1S/C21H27N3O2/c1-5-24-18-10-8-7-9-17(18)23-21(24)15(3)22-14-16-11-12-19(25-4)20(13-16)26-6-2/h7-13,15,22H,5-6,14H2,1-4H3. The average Bonchev–Trinajstić information content (AvgIpc) is 3.05. The molecule has 0 aliphatic rings. The molecule has 0 saturated heterocycles. The molecule has 0 radical (unpaired) electrons. The van der Waals surface area contributed by atoms with Gasteiger partial charge in [0.2, 0.25) is 0 Å². The van der Waals surface area contributed by atoms with Crippen molar-refractivity contribution in [3.05, 3.63) is 53.9 Å². The van der Waals surface area contributed by atoms with Crippen LogP contribution < -0.4 is 14.8 Å². The SMILES string of the molecule is CCOc1cc(CNC(C)c2nc3ccccc3n2CC)ccc1OC. The van der Waals surface area contributed by atoms with Crippen molar-refractivity contribution < 1.29 is 9.47 Å². The van der Waals surface area contributed by atoms with Gasteiger partial charge in [-0.15, -0.1) is 0 Å². The van der Waals surface area contributed by atoms with E-state index in [1.165, 1.54) is 5.52 Å². The Morgan fingerprint density at radius 1 is 1.12 bits per heavy atom. The summed E-state index contributed by atoms with van der Waals surface area (Å²) in [5.41, 5.74) is 3.38. The molecule has 1 atom stereocenters. The second-order valence-corrected chi connectivity index (χ2v) is 6.22. The van der Waals surface area contributed by atoms with Crippen LogP contribution >= 0.6 is 0 Å². The van der Waals surface area contributed by atoms with Crippen LogP contribution in [0.5, 0.6) is 11.5 Å². The number of ether oxygens (including phenoxy) is 2. The molecule has 0 saturated carbocycles. The monoisotopic (exact) mass is 353 g/mol. The number of methoxy groups -OCH3 is 1. The lowest BCUT2D eigenvalue weighted by molar-refractivity contribution is 0.310. The Kier molecular flexibility index (Phi) is 5.78. The summed E-state index contributed by atoms with van der Waals surface area (Å²) in [6, 6.07) is 14.5. The fourth-order valence-electron chi connectivity index (χ4n) is 3.22. The summed E-state index contributed by atoms with van der Waals surface area (Å²) in [6.07, 6.45) is 0. The summed E-state index contributed by atoms with van der Waals surface area (Å²) >= 11 is 0. The van der Waals surface area contributed by atoms with Crippen molar-refractivity contribution in [1.29, 1.82) is 0 Å². The van der Waals surface area contributed by atoms with Crippen molar-refractivity contribution in [2.24, 2.45) is 0 Å². The van der Waals surface area contributed by atoms with Gasteiger partial charge in [0.05, 0.1) is 30.8 Å². The summed E-state index contributed by atoms with van der Waals surface area (Å²) in [5, 5.41) is 3.58. The molecule has 1 N–H and O–H groups in total. The zero-order valence-electron chi connectivity index (χ0n) is 16.0. The number of rotatable bonds is 8. The van der Waals surface area contributed by atoms with Gasteiger partial charge in [0, 0.05) is 13.1 Å². The summed E-state index contributed by atoms with van der Waals surface area (Å²) in [4.78, 5) is 4.83. The first-order chi connectivity index (χ1) is 12.7. The third-order valence-corrected chi connectivity index (χ3v) is 4.53. The van der Waals surface area contributed by atoms with Gasteiger partial charge < -0.3 is 19.4 Å². The maximum Gasteiger partial charge on any atom is 0.161 e. The predicted octanol–water partition coefficient (Wildman–Crippen LogP) is 4.31. The van der Waals surface area contributed by atoms with Crippen LogP contribution in [0.2, 0.25) is 0 Å². The molecule has 0 fully saturated rings. The highest BCUT2D eigenvalue weighted by Gasteiger charge is 2.15. The Labute approximate surface area is 155 Å². The molecule has 5 nitrogen and oxygen atoms in total. The molecular weight excluding hydrogens is 326 g/mol. The first kappa shape index (κ1) is 18.3. The largest absolute Gasteiger partial charge is 0.493 e. The van der Waals surface area contributed by atoms with E-state index in [0.717, 1.165) is 41.5 Å². The van der Waals surface area contributed by atoms with E-state index in [0.29, 0.717) is 6.61 Å². The number of hydrogen-bond acceptors (Lipinski definition) is 4. The number of para-hydroxylation sites is 2. The van der Waals surface area contributed by atoms with Gasteiger partial charge in [-0.1, -0.05) is 18.2 Å². The molecular formula is C21H27N3O2. The molecule has 5 heteroatoms. The normalized spacial score (nSPS) is 12.3. The molecule has 3 rings (SSSR count). The van der Waals surface area contributed by atoms with Crippen LogP contribution in [-0.4, -0.2) is 23.3 Å². The highest BCUT2D eigenvalue weighted by molar-refractivity contribution is 5.76. The molecule has 0 aliphatic heterocycles. The lowest BCUT2D eigenvalue weighted by Crippen LogP contribution is -2.21. The molecule has 0 spiro atoms. The number of aryl methyl sites for hydroxylation is 1. The smallest absolute Gasteiger partial charge is 0.161 e. The van der Waals surface area contributed by atoms with Crippen LogP contribution in [0.15, 0.2) is 42.5 Å². The number of nitrogens with one attached hydrogen (secondary N) is 1. The van der Waals surface area contributed by atoms with E-state index in [9.17, 15) is 0 Å². The molecule has 0 bridgehead atoms. The van der Waals surface area contributed by atoms with Gasteiger partial charge >= 0.3 is 0 Å². The second-order valence-electron chi connectivity index (χ2n) is 6.22. The topological polar surface area (TPSA) is 48.3 Å². The molecule has 138 valence electrons. The lowest BCUT2D eigenvalue weighted by Gasteiger charge is -2.16. The van der Waals surface area contributed by atoms with Crippen molar-refractivity contribution in [3.63, 3.8) is 0 Å². The maximum absolute atomic E-state index is 5.67. The number of nitrogens with zero attached hydrogens (tertiary/aromatic N) is 2. The van der Waals surface area contributed by atoms with E-state index in [1.54, 1.807) is 7.11 Å². The molecule has 3 aromatic rings. The number of fused-ring (bicyclic) bond motifs is 1. The lowest BCUT2D eigenvalue weighted by atomic mass is 10.2. The van der Waals surface area contributed by atoms with Gasteiger partial charge in [-0.2, -0.15) is 0 Å². The molecule has 26 heavy (non-hydrogen) atoms. The molecule has 1 heterocycles. The van der Waals surface area contributed by atoms with Crippen LogP contribution in [0, 0.1) is 0 Å². The van der Waals surface area contributed by atoms with Gasteiger partial charge in [0.15, 0.2) is 11.5 Å². The Balaban J connectivity index is 1.77. The van der Waals surface area contributed by atoms with E-state index >= 15 is 0 Å². The van der Waals surface area contributed by atoms with Crippen molar-refractivity contribution in [2.45, 2.75) is 39.9 Å². The van der Waals surface area contributed by atoms with E-state index in [-0.39, 0.29) is 6.04 Å². The molecule has 0 aliphatic carbocycles. The molecule has 1 aromatic heterocycles. The number of imidazole rings is 1. The first-order valence-corrected chi connectivity index (χ1v) is 9.16. The van der Waals surface area contributed by atoms with Gasteiger partial charge in [-0.25, -0.2) is 4.98 Å². The van der Waals surface area contributed by atoms with Crippen molar-refractivity contribution in [3.8, 4) is 11.5 Å². The van der Waals surface area contributed by atoms with E-state index < -0.39 is 0 Å². The van der Waals surface area contributed by atoms with Crippen molar-refractivity contribution in [1.82, 2.24) is 14.9 Å². The van der Waals surface area contributed by atoms with E-state index in [2.05, 4.69) is 48.0 Å². The summed E-state index contributed by atoms with van der Waals surface area (Å²) in [7, 11) is 1.66. The Hall–Kier alpha value is -2.53. The van der Waals surface area contributed by atoms with Gasteiger partial charge in [-0.3, -0.25) is 0 Å². The summed E-state index contributed by atoms with van der Waals surface area (Å²) in [6.45, 7) is 8.53. The van der Waals surface area contributed by atoms with Crippen LogP contribution in [0.1, 0.15) is 38.2 Å². The minimum atomic E-state index is 0.139. The minimum Gasteiger partial charge on any atom is -0.493 e. The van der Waals surface area contributed by atoms with Crippen LogP contribution in [0.25, 0.3) is 11.0 Å². The fraction of sp³-hybridized carbons (Fsp3) is 0.381. The van der Waals surface area contributed by atoms with E-state index in [4.69, 9.17) is 14.5 Å². The zero-order valence-corrected chi connectivity index (χ0v) is 16.0. The fourth-order valence-corrected chi connectivity index (χ4v) is 3.22. The first-order valence-electron chi connectivity index (χ1n) is 9.16. The van der Waals surface area contributed by atoms with Crippen LogP contribution in [-0.2, 0) is 13.1 Å².